The molecule has 0 bridgehead atoms. The normalized spacial score (nSPS) is 11.8. The first kappa shape index (κ1) is 27.1. The summed E-state index contributed by atoms with van der Waals surface area (Å²) in [5, 5.41) is 7.55. The minimum absolute atomic E-state index is 0.665. The van der Waals surface area contributed by atoms with E-state index < -0.39 is 0 Å². The first-order valence-corrected chi connectivity index (χ1v) is 17.0. The lowest BCUT2D eigenvalue weighted by atomic mass is 9.94. The van der Waals surface area contributed by atoms with E-state index in [2.05, 4.69) is 156 Å². The predicted molar refractivity (Wildman–Crippen MR) is 203 cm³/mol. The Kier molecular flexibility index (Phi) is 6.05. The summed E-state index contributed by atoms with van der Waals surface area (Å²) in [6.45, 7) is 0. The molecule has 0 unspecified atom stereocenters. The van der Waals surface area contributed by atoms with E-state index >= 15 is 0 Å². The van der Waals surface area contributed by atoms with Crippen molar-refractivity contribution < 1.29 is 0 Å². The molecule has 0 amide bonds. The Hall–Kier alpha value is -6.10. The number of fused-ring (bicyclic) bond motifs is 7. The lowest BCUT2D eigenvalue weighted by Crippen LogP contribution is -2.00. The SMILES string of the molecule is c1ccc(-c2cc(-c3ccccc3)cc(-c3cnc(-n4c5ccccc5c5cc6c(cc54)sc4cc5ccccc5cc46)nc3)c2)cc1. The average molecular weight is 630 g/mol. The predicted octanol–water partition coefficient (Wildman–Crippen LogP) is 12.1. The van der Waals surface area contributed by atoms with Crippen LogP contribution < -0.4 is 0 Å². The number of hydrogen-bond donors (Lipinski definition) is 0. The van der Waals surface area contributed by atoms with Gasteiger partial charge in [0.05, 0.1) is 11.0 Å². The van der Waals surface area contributed by atoms with Crippen LogP contribution in [0.5, 0.6) is 0 Å². The molecule has 0 N–H and O–H groups in total. The van der Waals surface area contributed by atoms with E-state index in [9.17, 15) is 0 Å². The molecular weight excluding hydrogens is 603 g/mol. The van der Waals surface area contributed by atoms with Gasteiger partial charge in [0.25, 0.3) is 0 Å². The molecule has 0 saturated carbocycles. The molecule has 3 nitrogen and oxygen atoms in total. The number of thiophene rings is 1. The van der Waals surface area contributed by atoms with Crippen molar-refractivity contribution >= 4 is 64.1 Å². The Balaban J connectivity index is 1.13. The second kappa shape index (κ2) is 10.7. The molecule has 0 radical (unpaired) electrons. The molecule has 3 heterocycles. The van der Waals surface area contributed by atoms with Gasteiger partial charge in [0, 0.05) is 48.9 Å². The van der Waals surface area contributed by atoms with Gasteiger partial charge >= 0.3 is 0 Å². The van der Waals surface area contributed by atoms with Crippen LogP contribution in [0.15, 0.2) is 164 Å². The topological polar surface area (TPSA) is 30.7 Å². The molecule has 0 fully saturated rings. The van der Waals surface area contributed by atoms with E-state index in [1.807, 2.05) is 23.7 Å². The van der Waals surface area contributed by atoms with Crippen LogP contribution >= 0.6 is 11.3 Å². The maximum Gasteiger partial charge on any atom is 0.234 e. The van der Waals surface area contributed by atoms with Gasteiger partial charge in [0.1, 0.15) is 0 Å². The Labute approximate surface area is 281 Å². The van der Waals surface area contributed by atoms with Gasteiger partial charge in [-0.15, -0.1) is 11.3 Å². The summed E-state index contributed by atoms with van der Waals surface area (Å²) in [6, 6.07) is 54.4. The zero-order chi connectivity index (χ0) is 31.6. The Morgan fingerprint density at radius 1 is 0.375 bits per heavy atom. The van der Waals surface area contributed by atoms with Gasteiger partial charge in [-0.05, 0) is 87.1 Å². The first-order valence-electron chi connectivity index (χ1n) is 16.1. The lowest BCUT2D eigenvalue weighted by Gasteiger charge is -2.12. The molecule has 4 heteroatoms. The fourth-order valence-electron chi connectivity index (χ4n) is 7.11. The molecule has 224 valence electrons. The fraction of sp³-hybridized carbons (Fsp3) is 0. The highest BCUT2D eigenvalue weighted by molar-refractivity contribution is 7.26. The highest BCUT2D eigenvalue weighted by atomic mass is 32.1. The molecule has 0 aliphatic rings. The standard InChI is InChI=1S/C44H27N3S/c1-3-11-28(12-4-1)32-19-33(29-13-5-2-6-14-29)21-34(20-32)35-26-45-44(46-27-35)47-40-18-10-9-17-36(40)37-24-39-38-22-30-15-7-8-16-31(30)23-42(38)48-43(39)25-41(37)47/h1-27H. The zero-order valence-corrected chi connectivity index (χ0v) is 26.7. The van der Waals surface area contributed by atoms with Crippen LogP contribution in [0, 0.1) is 0 Å². The molecule has 0 saturated heterocycles. The minimum atomic E-state index is 0.665. The van der Waals surface area contributed by atoms with E-state index in [1.165, 1.54) is 64.0 Å². The maximum absolute atomic E-state index is 5.02. The van der Waals surface area contributed by atoms with Crippen LogP contribution in [0.3, 0.4) is 0 Å². The van der Waals surface area contributed by atoms with E-state index in [0.29, 0.717) is 5.95 Å². The molecule has 10 aromatic rings. The minimum Gasteiger partial charge on any atom is -0.278 e. The highest BCUT2D eigenvalue weighted by Gasteiger charge is 2.17. The van der Waals surface area contributed by atoms with E-state index in [4.69, 9.17) is 9.97 Å². The third-order valence-electron chi connectivity index (χ3n) is 9.45. The largest absolute Gasteiger partial charge is 0.278 e. The highest BCUT2D eigenvalue weighted by Crippen LogP contribution is 2.41. The van der Waals surface area contributed by atoms with Crippen LogP contribution in [0.25, 0.3) is 92.1 Å². The summed E-state index contributed by atoms with van der Waals surface area (Å²) in [5.41, 5.74) is 8.98. The lowest BCUT2D eigenvalue weighted by molar-refractivity contribution is 0.991. The number of aromatic nitrogens is 3. The second-order valence-corrected chi connectivity index (χ2v) is 13.4. The smallest absolute Gasteiger partial charge is 0.234 e. The van der Waals surface area contributed by atoms with Gasteiger partial charge < -0.3 is 0 Å². The third-order valence-corrected chi connectivity index (χ3v) is 10.6. The van der Waals surface area contributed by atoms with Gasteiger partial charge in [-0.3, -0.25) is 4.57 Å². The molecule has 0 spiro atoms. The Morgan fingerprint density at radius 2 is 0.917 bits per heavy atom. The number of benzene rings is 7. The van der Waals surface area contributed by atoms with Crippen molar-refractivity contribution in [2.75, 3.05) is 0 Å². The molecule has 3 aromatic heterocycles. The molecule has 0 aliphatic carbocycles. The number of para-hydroxylation sites is 1. The van der Waals surface area contributed by atoms with Crippen LogP contribution in [0.1, 0.15) is 0 Å². The van der Waals surface area contributed by atoms with E-state index in [0.717, 1.165) is 22.2 Å². The summed E-state index contributed by atoms with van der Waals surface area (Å²) in [4.78, 5) is 10.0. The number of nitrogens with zero attached hydrogens (tertiary/aromatic N) is 3. The molecular formula is C44H27N3S. The van der Waals surface area contributed by atoms with Crippen molar-refractivity contribution in [1.29, 1.82) is 0 Å². The Bertz CT molecular complexity index is 2760. The van der Waals surface area contributed by atoms with Crippen LogP contribution in [0.4, 0.5) is 0 Å². The summed E-state index contributed by atoms with van der Waals surface area (Å²) in [6.07, 6.45) is 3.93. The van der Waals surface area contributed by atoms with Crippen LogP contribution in [-0.4, -0.2) is 14.5 Å². The van der Waals surface area contributed by atoms with Crippen LogP contribution in [-0.2, 0) is 0 Å². The third kappa shape index (κ3) is 4.34. The molecule has 48 heavy (non-hydrogen) atoms. The van der Waals surface area contributed by atoms with Crippen molar-refractivity contribution in [1.82, 2.24) is 14.5 Å². The van der Waals surface area contributed by atoms with Crippen molar-refractivity contribution in [2.45, 2.75) is 0 Å². The van der Waals surface area contributed by atoms with Gasteiger partial charge in [-0.25, -0.2) is 9.97 Å². The summed E-state index contributed by atoms with van der Waals surface area (Å²) in [5.74, 6) is 0.665. The maximum atomic E-state index is 5.02. The fourth-order valence-corrected chi connectivity index (χ4v) is 8.26. The first-order chi connectivity index (χ1) is 23.8. The number of hydrogen-bond acceptors (Lipinski definition) is 3. The molecule has 0 aliphatic heterocycles. The monoisotopic (exact) mass is 629 g/mol. The van der Waals surface area contributed by atoms with Gasteiger partial charge in [0.15, 0.2) is 0 Å². The van der Waals surface area contributed by atoms with Crippen molar-refractivity contribution in [3.63, 3.8) is 0 Å². The zero-order valence-electron chi connectivity index (χ0n) is 25.8. The van der Waals surface area contributed by atoms with E-state index in [1.54, 1.807) is 0 Å². The van der Waals surface area contributed by atoms with Crippen molar-refractivity contribution in [3.05, 3.63) is 164 Å². The second-order valence-electron chi connectivity index (χ2n) is 12.3. The number of rotatable bonds is 4. The summed E-state index contributed by atoms with van der Waals surface area (Å²) >= 11 is 1.85. The van der Waals surface area contributed by atoms with Crippen LogP contribution in [0.2, 0.25) is 0 Å². The van der Waals surface area contributed by atoms with E-state index in [-0.39, 0.29) is 0 Å². The van der Waals surface area contributed by atoms with Crippen molar-refractivity contribution in [2.24, 2.45) is 0 Å². The Morgan fingerprint density at radius 3 is 1.60 bits per heavy atom. The molecule has 0 atom stereocenters. The van der Waals surface area contributed by atoms with Gasteiger partial charge in [0.2, 0.25) is 5.95 Å². The van der Waals surface area contributed by atoms with Gasteiger partial charge in [-0.1, -0.05) is 103 Å². The molecule has 7 aromatic carbocycles. The molecule has 10 rings (SSSR count). The summed E-state index contributed by atoms with van der Waals surface area (Å²) in [7, 11) is 0. The summed E-state index contributed by atoms with van der Waals surface area (Å²) < 4.78 is 4.78. The van der Waals surface area contributed by atoms with Gasteiger partial charge in [-0.2, -0.15) is 0 Å². The van der Waals surface area contributed by atoms with Crippen molar-refractivity contribution in [3.8, 4) is 39.3 Å². The quantitative estimate of drug-likeness (QED) is 0.194. The average Bonchev–Trinajstić information content (AvgIpc) is 3.67.